The third kappa shape index (κ3) is 4.27. The lowest BCUT2D eigenvalue weighted by molar-refractivity contribution is 0.0140. The molecule has 1 heterocycles. The van der Waals surface area contributed by atoms with Gasteiger partial charge in [-0.25, -0.2) is 4.39 Å². The van der Waals surface area contributed by atoms with Crippen LogP contribution in [-0.2, 0) is 11.2 Å². The van der Waals surface area contributed by atoms with Crippen molar-refractivity contribution in [1.29, 1.82) is 0 Å². The number of rotatable bonds is 5. The summed E-state index contributed by atoms with van der Waals surface area (Å²) in [5.41, 5.74) is 1.41. The highest BCUT2D eigenvalue weighted by Gasteiger charge is 2.32. The third-order valence-electron chi connectivity index (χ3n) is 4.00. The molecule has 2 rings (SSSR count). The average molecular weight is 344 g/mol. The van der Waals surface area contributed by atoms with E-state index >= 15 is 0 Å². The topological polar surface area (TPSA) is 21.3 Å². The van der Waals surface area contributed by atoms with Gasteiger partial charge in [-0.3, -0.25) is 0 Å². The number of hydrogen-bond acceptors (Lipinski definition) is 2. The van der Waals surface area contributed by atoms with Crippen LogP contribution in [0.5, 0.6) is 0 Å². The lowest BCUT2D eigenvalue weighted by atomic mass is 9.75. The predicted octanol–water partition coefficient (Wildman–Crippen LogP) is 3.93. The van der Waals surface area contributed by atoms with Crippen LogP contribution in [-0.4, -0.2) is 25.8 Å². The van der Waals surface area contributed by atoms with Gasteiger partial charge < -0.3 is 10.1 Å². The summed E-state index contributed by atoms with van der Waals surface area (Å²) >= 11 is 3.28. The Morgan fingerprint density at radius 1 is 1.35 bits per heavy atom. The Balaban J connectivity index is 2.11. The summed E-state index contributed by atoms with van der Waals surface area (Å²) in [6, 6.07) is 5.83. The predicted molar refractivity (Wildman–Crippen MR) is 83.4 cm³/mol. The van der Waals surface area contributed by atoms with E-state index in [-0.39, 0.29) is 11.2 Å². The first-order valence-corrected chi connectivity index (χ1v) is 8.05. The fourth-order valence-electron chi connectivity index (χ4n) is 2.72. The lowest BCUT2D eigenvalue weighted by Crippen LogP contribution is -2.42. The van der Waals surface area contributed by atoms with Crippen molar-refractivity contribution < 1.29 is 9.13 Å². The molecular weight excluding hydrogens is 321 g/mol. The molecule has 1 N–H and O–H groups in total. The average Bonchev–Trinajstić information content (AvgIpc) is 2.42. The molecule has 0 radical (unpaired) electrons. The molecule has 2 nitrogen and oxygen atoms in total. The maximum Gasteiger partial charge on any atom is 0.137 e. The zero-order valence-electron chi connectivity index (χ0n) is 12.2. The number of hydrogen-bond donors (Lipinski definition) is 1. The van der Waals surface area contributed by atoms with Crippen molar-refractivity contribution in [2.75, 3.05) is 19.8 Å². The monoisotopic (exact) mass is 343 g/mol. The Morgan fingerprint density at radius 3 is 2.65 bits per heavy atom. The van der Waals surface area contributed by atoms with Crippen LogP contribution >= 0.6 is 15.9 Å². The van der Waals surface area contributed by atoms with Gasteiger partial charge >= 0.3 is 0 Å². The van der Waals surface area contributed by atoms with Crippen LogP contribution in [0.1, 0.15) is 32.3 Å². The molecule has 0 unspecified atom stereocenters. The molecule has 4 heteroatoms. The van der Waals surface area contributed by atoms with Gasteiger partial charge in [0.1, 0.15) is 5.82 Å². The summed E-state index contributed by atoms with van der Waals surface area (Å²) in [6.07, 6.45) is 3.08. The van der Waals surface area contributed by atoms with Gasteiger partial charge in [0, 0.05) is 25.8 Å². The normalized spacial score (nSPS) is 18.4. The maximum absolute atomic E-state index is 13.3. The van der Waals surface area contributed by atoms with Crippen LogP contribution in [0.2, 0.25) is 0 Å². The minimum Gasteiger partial charge on any atom is -0.381 e. The molecular formula is C16H23BrFNO. The Kier molecular flexibility index (Phi) is 5.58. The van der Waals surface area contributed by atoms with Crippen molar-refractivity contribution in [3.8, 4) is 0 Å². The van der Waals surface area contributed by atoms with E-state index in [1.807, 2.05) is 12.1 Å². The molecule has 20 heavy (non-hydrogen) atoms. The molecule has 1 aliphatic heterocycles. The van der Waals surface area contributed by atoms with E-state index < -0.39 is 0 Å². The number of halogens is 2. The van der Waals surface area contributed by atoms with E-state index in [1.165, 1.54) is 5.56 Å². The minimum atomic E-state index is -0.199. The first-order chi connectivity index (χ1) is 9.51. The van der Waals surface area contributed by atoms with E-state index in [0.29, 0.717) is 10.5 Å². The molecule has 0 atom stereocenters. The van der Waals surface area contributed by atoms with E-state index in [4.69, 9.17) is 4.74 Å². The fourth-order valence-corrected chi connectivity index (χ4v) is 3.15. The fraction of sp³-hybridized carbons (Fsp3) is 0.625. The summed E-state index contributed by atoms with van der Waals surface area (Å²) in [6.45, 7) is 6.97. The van der Waals surface area contributed by atoms with Gasteiger partial charge in [-0.05, 0) is 58.3 Å². The molecule has 1 aromatic carbocycles. The lowest BCUT2D eigenvalue weighted by Gasteiger charge is -2.38. The van der Waals surface area contributed by atoms with Crippen LogP contribution in [0, 0.1) is 11.2 Å². The third-order valence-corrected chi connectivity index (χ3v) is 4.61. The van der Waals surface area contributed by atoms with Gasteiger partial charge in [0.15, 0.2) is 0 Å². The van der Waals surface area contributed by atoms with Gasteiger partial charge in [-0.15, -0.1) is 0 Å². The second-order valence-corrected chi connectivity index (χ2v) is 6.93. The molecule has 0 spiro atoms. The van der Waals surface area contributed by atoms with Gasteiger partial charge in [-0.1, -0.05) is 19.9 Å². The Labute approximate surface area is 129 Å². The molecule has 0 amide bonds. The summed E-state index contributed by atoms with van der Waals surface area (Å²) in [4.78, 5) is 0. The molecule has 1 saturated heterocycles. The van der Waals surface area contributed by atoms with E-state index in [2.05, 4.69) is 35.1 Å². The maximum atomic E-state index is 13.3. The number of nitrogens with one attached hydrogen (secondary N) is 1. The van der Waals surface area contributed by atoms with Crippen LogP contribution in [0.3, 0.4) is 0 Å². The standard InChI is InChI=1S/C16H23BrFNO/c1-12(2)19-11-16(5-7-20-8-6-16)10-13-3-4-15(18)14(17)9-13/h3-4,9,12,19H,5-8,10-11H2,1-2H3. The van der Waals surface area contributed by atoms with Crippen LogP contribution in [0.4, 0.5) is 4.39 Å². The molecule has 0 aromatic heterocycles. The number of benzene rings is 1. The first-order valence-electron chi connectivity index (χ1n) is 7.26. The summed E-state index contributed by atoms with van der Waals surface area (Å²) in [5.74, 6) is -0.199. The Morgan fingerprint density at radius 2 is 2.05 bits per heavy atom. The molecule has 0 saturated carbocycles. The summed E-state index contributed by atoms with van der Waals surface area (Å²) in [7, 11) is 0. The van der Waals surface area contributed by atoms with Crippen LogP contribution in [0.15, 0.2) is 22.7 Å². The minimum absolute atomic E-state index is 0.199. The molecule has 0 bridgehead atoms. The van der Waals surface area contributed by atoms with Crippen molar-refractivity contribution in [2.24, 2.45) is 5.41 Å². The molecule has 1 aliphatic rings. The highest BCUT2D eigenvalue weighted by atomic mass is 79.9. The molecule has 0 aliphatic carbocycles. The second-order valence-electron chi connectivity index (χ2n) is 6.07. The van der Waals surface area contributed by atoms with Crippen molar-refractivity contribution in [3.63, 3.8) is 0 Å². The summed E-state index contributed by atoms with van der Waals surface area (Å²) in [5, 5.41) is 3.56. The smallest absolute Gasteiger partial charge is 0.137 e. The van der Waals surface area contributed by atoms with Crippen molar-refractivity contribution >= 4 is 15.9 Å². The Bertz CT molecular complexity index is 444. The molecule has 1 fully saturated rings. The molecule has 112 valence electrons. The summed E-state index contributed by atoms with van der Waals surface area (Å²) < 4.78 is 19.4. The van der Waals surface area contributed by atoms with Crippen molar-refractivity contribution in [3.05, 3.63) is 34.1 Å². The van der Waals surface area contributed by atoms with Gasteiger partial charge in [0.2, 0.25) is 0 Å². The van der Waals surface area contributed by atoms with E-state index in [0.717, 1.165) is 39.0 Å². The van der Waals surface area contributed by atoms with Gasteiger partial charge in [0.05, 0.1) is 4.47 Å². The van der Waals surface area contributed by atoms with E-state index in [9.17, 15) is 4.39 Å². The van der Waals surface area contributed by atoms with Crippen LogP contribution in [0.25, 0.3) is 0 Å². The van der Waals surface area contributed by atoms with Gasteiger partial charge in [0.25, 0.3) is 0 Å². The van der Waals surface area contributed by atoms with Crippen LogP contribution < -0.4 is 5.32 Å². The SMILES string of the molecule is CC(C)NCC1(Cc2ccc(F)c(Br)c2)CCOCC1. The molecule has 1 aromatic rings. The number of ether oxygens (including phenoxy) is 1. The highest BCUT2D eigenvalue weighted by Crippen LogP contribution is 2.34. The van der Waals surface area contributed by atoms with Crippen molar-refractivity contribution in [2.45, 2.75) is 39.2 Å². The highest BCUT2D eigenvalue weighted by molar-refractivity contribution is 9.10. The van der Waals surface area contributed by atoms with Crippen molar-refractivity contribution in [1.82, 2.24) is 5.32 Å². The van der Waals surface area contributed by atoms with Gasteiger partial charge in [-0.2, -0.15) is 0 Å². The largest absolute Gasteiger partial charge is 0.381 e. The zero-order chi connectivity index (χ0) is 14.6. The quantitative estimate of drug-likeness (QED) is 0.874. The van der Waals surface area contributed by atoms with E-state index in [1.54, 1.807) is 6.07 Å². The zero-order valence-corrected chi connectivity index (χ0v) is 13.8. The first kappa shape index (κ1) is 15.9. The Hall–Kier alpha value is -0.450. The second kappa shape index (κ2) is 7.01.